The molecule has 0 saturated carbocycles. The molecule has 0 atom stereocenters. The molecule has 20 heavy (non-hydrogen) atoms. The minimum atomic E-state index is -0.380. The first-order valence-corrected chi connectivity index (χ1v) is 5.97. The molecule has 0 spiro atoms. The number of nitrogens with zero attached hydrogens (tertiary/aromatic N) is 3. The number of anilines is 2. The van der Waals surface area contributed by atoms with Crippen LogP contribution < -0.4 is 15.4 Å². The van der Waals surface area contributed by atoms with Crippen molar-refractivity contribution in [2.24, 2.45) is 0 Å². The van der Waals surface area contributed by atoms with E-state index in [-0.39, 0.29) is 17.5 Å². The van der Waals surface area contributed by atoms with E-state index in [0.29, 0.717) is 11.6 Å². The Labute approximate surface area is 116 Å². The number of carbonyl (C=O) groups excluding carboxylic acids is 1. The minimum absolute atomic E-state index is 0.184. The molecule has 2 N–H and O–H groups in total. The van der Waals surface area contributed by atoms with Gasteiger partial charge in [0.25, 0.3) is 5.91 Å². The van der Waals surface area contributed by atoms with Gasteiger partial charge >= 0.3 is 0 Å². The Bertz CT molecular complexity index is 630. The van der Waals surface area contributed by atoms with E-state index in [1.807, 2.05) is 0 Å². The molecule has 0 aliphatic carbocycles. The van der Waals surface area contributed by atoms with Gasteiger partial charge < -0.3 is 10.1 Å². The second-order valence-corrected chi connectivity index (χ2v) is 4.01. The molecule has 1 amide bonds. The normalized spacial score (nSPS) is 9.95. The molecule has 2 rings (SSSR count). The van der Waals surface area contributed by atoms with E-state index in [2.05, 4.69) is 25.6 Å². The number of aryl methyl sites for hydroxylation is 1. The molecule has 2 heterocycles. The van der Waals surface area contributed by atoms with Crippen LogP contribution in [-0.2, 0) is 0 Å². The van der Waals surface area contributed by atoms with Crippen LogP contribution in [0, 0.1) is 6.92 Å². The molecule has 7 heteroatoms. The molecule has 0 bridgehead atoms. The number of aromatic nitrogens is 3. The van der Waals surface area contributed by atoms with E-state index in [1.54, 1.807) is 38.4 Å². The second kappa shape index (κ2) is 5.96. The van der Waals surface area contributed by atoms with Crippen molar-refractivity contribution in [3.8, 4) is 5.88 Å². The number of hydrogen-bond donors (Lipinski definition) is 2. The molecule has 2 aromatic heterocycles. The predicted molar refractivity (Wildman–Crippen MR) is 75.1 cm³/mol. The van der Waals surface area contributed by atoms with Crippen molar-refractivity contribution in [3.63, 3.8) is 0 Å². The average molecular weight is 273 g/mol. The van der Waals surface area contributed by atoms with Crippen molar-refractivity contribution >= 4 is 17.5 Å². The van der Waals surface area contributed by atoms with Crippen molar-refractivity contribution in [2.75, 3.05) is 24.8 Å². The maximum atomic E-state index is 12.1. The molecule has 0 radical (unpaired) electrons. The maximum Gasteiger partial charge on any atom is 0.276 e. The summed E-state index contributed by atoms with van der Waals surface area (Å²) in [5, 5.41) is 5.54. The molecule has 104 valence electrons. The molecular weight excluding hydrogens is 258 g/mol. The number of ether oxygens (including phenoxy) is 1. The molecule has 0 fully saturated rings. The average Bonchev–Trinajstić information content (AvgIpc) is 2.46. The number of hydrogen-bond acceptors (Lipinski definition) is 6. The standard InChI is InChI=1S/C13H15N5O2/c1-8-6-11(20-3)17-13(16-8)18-12(19)10-7-9(14-2)4-5-15-10/h4-7H,1-3H3,(H,14,15)(H,16,17,18,19). The number of nitrogens with one attached hydrogen (secondary N) is 2. The Morgan fingerprint density at radius 1 is 1.30 bits per heavy atom. The molecule has 2 aromatic rings. The summed E-state index contributed by atoms with van der Waals surface area (Å²) >= 11 is 0. The monoisotopic (exact) mass is 273 g/mol. The number of pyridine rings is 1. The Kier molecular flexibility index (Phi) is 4.09. The predicted octanol–water partition coefficient (Wildman–Crippen LogP) is 1.48. The quantitative estimate of drug-likeness (QED) is 0.877. The number of amides is 1. The topological polar surface area (TPSA) is 89.0 Å². The van der Waals surface area contributed by atoms with Crippen molar-refractivity contribution in [3.05, 3.63) is 35.8 Å². The highest BCUT2D eigenvalue weighted by Gasteiger charge is 2.11. The van der Waals surface area contributed by atoms with Crippen molar-refractivity contribution in [1.82, 2.24) is 15.0 Å². The van der Waals surface area contributed by atoms with E-state index >= 15 is 0 Å². The van der Waals surface area contributed by atoms with E-state index in [9.17, 15) is 4.79 Å². The van der Waals surface area contributed by atoms with Crippen molar-refractivity contribution < 1.29 is 9.53 Å². The summed E-state index contributed by atoms with van der Waals surface area (Å²) in [5.74, 6) is 0.197. The molecule has 7 nitrogen and oxygen atoms in total. The highest BCUT2D eigenvalue weighted by molar-refractivity contribution is 6.02. The first-order valence-electron chi connectivity index (χ1n) is 5.97. The number of carbonyl (C=O) groups is 1. The summed E-state index contributed by atoms with van der Waals surface area (Å²) in [6.07, 6.45) is 1.55. The summed E-state index contributed by atoms with van der Waals surface area (Å²) in [7, 11) is 3.27. The van der Waals surface area contributed by atoms with Gasteiger partial charge in [0.1, 0.15) is 5.69 Å². The van der Waals surface area contributed by atoms with Crippen LogP contribution in [-0.4, -0.2) is 35.0 Å². The number of methoxy groups -OCH3 is 1. The molecular formula is C13H15N5O2. The summed E-state index contributed by atoms with van der Waals surface area (Å²) < 4.78 is 5.03. The van der Waals surface area contributed by atoms with Crippen LogP contribution in [0.4, 0.5) is 11.6 Å². The first-order chi connectivity index (χ1) is 9.62. The van der Waals surface area contributed by atoms with Gasteiger partial charge in [0, 0.05) is 30.7 Å². The molecule has 0 aliphatic heterocycles. The molecule has 0 aromatic carbocycles. The minimum Gasteiger partial charge on any atom is -0.481 e. The van der Waals surface area contributed by atoms with Crippen molar-refractivity contribution in [1.29, 1.82) is 0 Å². The zero-order chi connectivity index (χ0) is 14.5. The zero-order valence-electron chi connectivity index (χ0n) is 11.5. The van der Waals surface area contributed by atoms with Gasteiger partial charge in [-0.3, -0.25) is 15.1 Å². The Balaban J connectivity index is 2.20. The van der Waals surface area contributed by atoms with Crippen LogP contribution in [0.2, 0.25) is 0 Å². The Morgan fingerprint density at radius 3 is 2.80 bits per heavy atom. The van der Waals surface area contributed by atoms with Crippen LogP contribution in [0.25, 0.3) is 0 Å². The van der Waals surface area contributed by atoms with Crippen LogP contribution in [0.5, 0.6) is 5.88 Å². The second-order valence-electron chi connectivity index (χ2n) is 4.01. The fourth-order valence-corrected chi connectivity index (χ4v) is 1.58. The maximum absolute atomic E-state index is 12.1. The van der Waals surface area contributed by atoms with E-state index in [0.717, 1.165) is 5.69 Å². The van der Waals surface area contributed by atoms with Gasteiger partial charge in [0.2, 0.25) is 11.8 Å². The van der Waals surface area contributed by atoms with E-state index in [1.165, 1.54) is 7.11 Å². The van der Waals surface area contributed by atoms with Gasteiger partial charge in [-0.1, -0.05) is 0 Å². The summed E-state index contributed by atoms with van der Waals surface area (Å²) in [6, 6.07) is 5.08. The van der Waals surface area contributed by atoms with Gasteiger partial charge in [-0.25, -0.2) is 4.98 Å². The summed E-state index contributed by atoms with van der Waals surface area (Å²) in [6.45, 7) is 1.79. The van der Waals surface area contributed by atoms with Crippen LogP contribution >= 0.6 is 0 Å². The Hall–Kier alpha value is -2.70. The third-order valence-corrected chi connectivity index (χ3v) is 2.55. The lowest BCUT2D eigenvalue weighted by Gasteiger charge is -2.07. The van der Waals surface area contributed by atoms with Gasteiger partial charge in [0.05, 0.1) is 7.11 Å². The Morgan fingerprint density at radius 2 is 2.10 bits per heavy atom. The lowest BCUT2D eigenvalue weighted by molar-refractivity contribution is 0.102. The first kappa shape index (κ1) is 13.7. The number of rotatable bonds is 4. The third kappa shape index (κ3) is 3.19. The van der Waals surface area contributed by atoms with Gasteiger partial charge in [-0.05, 0) is 19.1 Å². The largest absolute Gasteiger partial charge is 0.481 e. The lowest BCUT2D eigenvalue weighted by Crippen LogP contribution is -2.16. The molecule has 0 saturated heterocycles. The van der Waals surface area contributed by atoms with Gasteiger partial charge in [-0.15, -0.1) is 0 Å². The smallest absolute Gasteiger partial charge is 0.276 e. The summed E-state index contributed by atoms with van der Waals surface area (Å²) in [5.41, 5.74) is 1.78. The fraction of sp³-hybridized carbons (Fsp3) is 0.231. The summed E-state index contributed by atoms with van der Waals surface area (Å²) in [4.78, 5) is 24.3. The fourth-order valence-electron chi connectivity index (χ4n) is 1.58. The van der Waals surface area contributed by atoms with Crippen LogP contribution in [0.3, 0.4) is 0 Å². The van der Waals surface area contributed by atoms with E-state index in [4.69, 9.17) is 4.74 Å². The van der Waals surface area contributed by atoms with Gasteiger partial charge in [-0.2, -0.15) is 4.98 Å². The zero-order valence-corrected chi connectivity index (χ0v) is 11.5. The van der Waals surface area contributed by atoms with E-state index < -0.39 is 0 Å². The SMILES string of the molecule is CNc1ccnc(C(=O)Nc2nc(C)cc(OC)n2)c1. The highest BCUT2D eigenvalue weighted by Crippen LogP contribution is 2.13. The molecule has 0 unspecified atom stereocenters. The van der Waals surface area contributed by atoms with Crippen LogP contribution in [0.1, 0.15) is 16.2 Å². The third-order valence-electron chi connectivity index (χ3n) is 2.55. The van der Waals surface area contributed by atoms with Crippen LogP contribution in [0.15, 0.2) is 24.4 Å². The van der Waals surface area contributed by atoms with Gasteiger partial charge in [0.15, 0.2) is 0 Å². The van der Waals surface area contributed by atoms with Crippen molar-refractivity contribution in [2.45, 2.75) is 6.92 Å². The molecule has 0 aliphatic rings. The lowest BCUT2D eigenvalue weighted by atomic mass is 10.3. The highest BCUT2D eigenvalue weighted by atomic mass is 16.5.